The van der Waals surface area contributed by atoms with E-state index >= 15 is 0 Å². The van der Waals surface area contributed by atoms with E-state index < -0.39 is 15.6 Å². The molecule has 9 nitrogen and oxygen atoms in total. The normalized spacial score (nSPS) is 11.8. The van der Waals surface area contributed by atoms with Gasteiger partial charge in [-0.05, 0) is 6.92 Å². The van der Waals surface area contributed by atoms with Crippen molar-refractivity contribution >= 4 is 15.6 Å². The van der Waals surface area contributed by atoms with Gasteiger partial charge in [0.1, 0.15) is 0 Å². The molecule has 0 unspecified atom stereocenters. The van der Waals surface area contributed by atoms with Crippen molar-refractivity contribution in [3.63, 3.8) is 0 Å². The molecule has 0 spiro atoms. The minimum absolute atomic E-state index is 0.116. The van der Waals surface area contributed by atoms with Crippen LogP contribution in [0, 0.1) is 0 Å². The van der Waals surface area contributed by atoms with Gasteiger partial charge in [-0.3, -0.25) is 0 Å². The van der Waals surface area contributed by atoms with Crippen LogP contribution in [0.5, 0.6) is 0 Å². The minimum atomic E-state index is -4.64. The van der Waals surface area contributed by atoms with Gasteiger partial charge in [0.15, 0.2) is 0 Å². The van der Waals surface area contributed by atoms with Gasteiger partial charge in [0.25, 0.3) is 0 Å². The summed E-state index contributed by atoms with van der Waals surface area (Å²) in [6.45, 7) is 1.67. The fourth-order valence-electron chi connectivity index (χ4n) is 0.121. The molecule has 0 saturated heterocycles. The van der Waals surface area contributed by atoms with Crippen molar-refractivity contribution in [2.24, 2.45) is 0 Å². The van der Waals surface area contributed by atoms with Crippen LogP contribution in [-0.2, 0) is 18.7 Å². The second-order valence-corrected chi connectivity index (χ2v) is 3.64. The first kappa shape index (κ1) is 15.6. The average Bonchev–Trinajstić information content (AvgIpc) is 1.77. The molecule has 0 aromatic rings. The van der Waals surface area contributed by atoms with Gasteiger partial charge in [0.2, 0.25) is 0 Å². The lowest BCUT2D eigenvalue weighted by Crippen LogP contribution is -1.89. The molecule has 0 aliphatic rings. The summed E-state index contributed by atoms with van der Waals surface area (Å²) in [7, 11) is -9.04. The highest BCUT2D eigenvalue weighted by atomic mass is 31.2. The van der Waals surface area contributed by atoms with Gasteiger partial charge < -0.3 is 24.5 Å². The highest BCUT2D eigenvalue weighted by molar-refractivity contribution is 7.46. The Bertz CT molecular complexity index is 191. The molecule has 0 aliphatic carbocycles. The molecule has 0 atom stereocenters. The van der Waals surface area contributed by atoms with Crippen LogP contribution in [0.25, 0.3) is 0 Å². The average molecular weight is 240 g/mol. The summed E-state index contributed by atoms with van der Waals surface area (Å²) in [4.78, 5) is 41.3. The van der Waals surface area contributed by atoms with E-state index in [-0.39, 0.29) is 6.61 Å². The fraction of sp³-hybridized carbons (Fsp3) is 1.00. The molecule has 0 radical (unpaired) electrons. The van der Waals surface area contributed by atoms with E-state index in [0.29, 0.717) is 0 Å². The highest BCUT2D eigenvalue weighted by Crippen LogP contribution is 2.35. The van der Waals surface area contributed by atoms with Crippen LogP contribution < -0.4 is 0 Å². The molecular formula is C2H10O9P2. The monoisotopic (exact) mass is 240 g/mol. The predicted octanol–water partition coefficient (Wildman–Crippen LogP) is -0.881. The zero-order chi connectivity index (χ0) is 11.1. The maximum Gasteiger partial charge on any atom is 0.496 e. The lowest BCUT2D eigenvalue weighted by atomic mass is 10.9. The van der Waals surface area contributed by atoms with E-state index in [4.69, 9.17) is 29.0 Å². The molecular weight excluding hydrogens is 230 g/mol. The topological polar surface area (TPSA) is 154 Å². The summed E-state index contributed by atoms with van der Waals surface area (Å²) >= 11 is 0. The van der Waals surface area contributed by atoms with Crippen LogP contribution in [0.2, 0.25) is 0 Å². The van der Waals surface area contributed by atoms with E-state index in [9.17, 15) is 4.57 Å². The van der Waals surface area contributed by atoms with E-state index in [1.54, 1.807) is 6.92 Å². The lowest BCUT2D eigenvalue weighted by molar-refractivity contribution is -0.217. The number of rotatable bonds is 3. The van der Waals surface area contributed by atoms with Gasteiger partial charge in [0.05, 0.1) is 6.61 Å². The summed E-state index contributed by atoms with van der Waals surface area (Å²) < 4.78 is 22.2. The third-order valence-electron chi connectivity index (χ3n) is 0.268. The van der Waals surface area contributed by atoms with Crippen molar-refractivity contribution in [2.75, 3.05) is 6.61 Å². The molecule has 0 saturated carbocycles. The van der Waals surface area contributed by atoms with Crippen LogP contribution in [0.3, 0.4) is 0 Å². The van der Waals surface area contributed by atoms with Crippen LogP contribution >= 0.6 is 15.6 Å². The molecule has 11 heteroatoms. The quantitative estimate of drug-likeness (QED) is 0.240. The van der Waals surface area contributed by atoms with Crippen LogP contribution in [0.15, 0.2) is 0 Å². The van der Waals surface area contributed by atoms with Gasteiger partial charge in [-0.1, -0.05) is 0 Å². The van der Waals surface area contributed by atoms with Crippen LogP contribution in [0.1, 0.15) is 6.92 Å². The van der Waals surface area contributed by atoms with Crippen molar-refractivity contribution in [1.82, 2.24) is 0 Å². The Kier molecular flexibility index (Phi) is 7.95. The van der Waals surface area contributed by atoms with Crippen molar-refractivity contribution in [1.29, 1.82) is 0 Å². The molecule has 82 valence electrons. The Morgan fingerprint density at radius 1 is 1.08 bits per heavy atom. The minimum Gasteiger partial charge on any atom is -0.303 e. The number of hydrogen-bond donors (Lipinski definition) is 5. The smallest absolute Gasteiger partial charge is 0.303 e. The van der Waals surface area contributed by atoms with Crippen molar-refractivity contribution in [3.05, 3.63) is 0 Å². The van der Waals surface area contributed by atoms with Crippen LogP contribution in [0.4, 0.5) is 0 Å². The first-order valence-electron chi connectivity index (χ1n) is 2.71. The van der Waals surface area contributed by atoms with Crippen LogP contribution in [-0.4, -0.2) is 31.1 Å². The standard InChI is InChI=1S/C2H7O5P.H3O4P/c1-2-6-7-8(3,4)5;1-5(2,3)4/h2H2,1H3,(H2,3,4,5);(H3,1,2,3,4). The van der Waals surface area contributed by atoms with E-state index in [1.165, 1.54) is 0 Å². The van der Waals surface area contributed by atoms with Gasteiger partial charge in [-0.25, -0.2) is 14.0 Å². The zero-order valence-corrected chi connectivity index (χ0v) is 8.26. The third-order valence-corrected chi connectivity index (χ3v) is 0.567. The Hall–Kier alpha value is 0.180. The Labute approximate surface area is 73.3 Å². The van der Waals surface area contributed by atoms with Gasteiger partial charge in [-0.2, -0.15) is 0 Å². The Morgan fingerprint density at radius 2 is 1.38 bits per heavy atom. The van der Waals surface area contributed by atoms with Crippen molar-refractivity contribution in [3.8, 4) is 0 Å². The number of phosphoric acid groups is 2. The summed E-state index contributed by atoms with van der Waals surface area (Å²) in [5.41, 5.74) is 0. The summed E-state index contributed by atoms with van der Waals surface area (Å²) in [5.74, 6) is 0. The molecule has 0 aromatic carbocycles. The van der Waals surface area contributed by atoms with Crippen molar-refractivity contribution < 1.29 is 43.2 Å². The molecule has 0 heterocycles. The molecule has 0 aliphatic heterocycles. The maximum absolute atomic E-state index is 9.74. The van der Waals surface area contributed by atoms with Crippen molar-refractivity contribution in [2.45, 2.75) is 6.92 Å². The van der Waals surface area contributed by atoms with Gasteiger partial charge >= 0.3 is 15.6 Å². The van der Waals surface area contributed by atoms with E-state index in [1.807, 2.05) is 0 Å². The van der Waals surface area contributed by atoms with E-state index in [0.717, 1.165) is 0 Å². The number of hydrogen-bond acceptors (Lipinski definition) is 4. The predicted molar refractivity (Wildman–Crippen MR) is 39.0 cm³/mol. The molecule has 13 heavy (non-hydrogen) atoms. The molecule has 0 fully saturated rings. The van der Waals surface area contributed by atoms with Gasteiger partial charge in [-0.15, -0.1) is 4.67 Å². The molecule has 0 bridgehead atoms. The van der Waals surface area contributed by atoms with Gasteiger partial charge in [0, 0.05) is 0 Å². The molecule has 5 N–H and O–H groups in total. The summed E-state index contributed by atoms with van der Waals surface area (Å²) in [5, 5.41) is 0. The summed E-state index contributed by atoms with van der Waals surface area (Å²) in [6, 6.07) is 0. The molecule has 0 rings (SSSR count). The summed E-state index contributed by atoms with van der Waals surface area (Å²) in [6.07, 6.45) is 0. The highest BCUT2D eigenvalue weighted by Gasteiger charge is 2.13. The van der Waals surface area contributed by atoms with E-state index in [2.05, 4.69) is 9.56 Å². The Morgan fingerprint density at radius 3 is 1.46 bits per heavy atom. The molecule has 0 aromatic heterocycles. The second-order valence-electron chi connectivity index (χ2n) is 1.48. The Balaban J connectivity index is 0. The first-order chi connectivity index (χ1) is 5.56. The first-order valence-corrected chi connectivity index (χ1v) is 5.81. The largest absolute Gasteiger partial charge is 0.496 e. The second kappa shape index (κ2) is 6.61. The lowest BCUT2D eigenvalue weighted by Gasteiger charge is -1.99. The maximum atomic E-state index is 9.74. The zero-order valence-electron chi connectivity index (χ0n) is 6.47. The SMILES string of the molecule is CCOOP(=O)(O)O.O=P(O)(O)O. The molecule has 0 amide bonds. The third kappa shape index (κ3) is 47.0. The fourth-order valence-corrected chi connectivity index (χ4v) is 0.364.